The zero-order chi connectivity index (χ0) is 20.6. The van der Waals surface area contributed by atoms with Crippen LogP contribution in [0.25, 0.3) is 22.4 Å². The van der Waals surface area contributed by atoms with Crippen molar-refractivity contribution in [2.75, 3.05) is 18.1 Å². The van der Waals surface area contributed by atoms with Gasteiger partial charge in [0.15, 0.2) is 0 Å². The minimum atomic E-state index is -0.450. The highest BCUT2D eigenvalue weighted by atomic mass is 19.1. The first kappa shape index (κ1) is 18.8. The molecule has 0 unspecified atom stereocenters. The molecule has 1 saturated carbocycles. The molecule has 5 heteroatoms. The van der Waals surface area contributed by atoms with Crippen molar-refractivity contribution < 1.29 is 9.13 Å². The number of nitrogens with two attached hydrogens (primary N) is 1. The molecule has 0 atom stereocenters. The summed E-state index contributed by atoms with van der Waals surface area (Å²) in [7, 11) is 0. The summed E-state index contributed by atoms with van der Waals surface area (Å²) >= 11 is 0. The Morgan fingerprint density at radius 1 is 1.03 bits per heavy atom. The molecule has 0 spiro atoms. The molecule has 2 N–H and O–H groups in total. The predicted octanol–water partition coefficient (Wildman–Crippen LogP) is 5.39. The van der Waals surface area contributed by atoms with Gasteiger partial charge in [0, 0.05) is 22.9 Å². The van der Waals surface area contributed by atoms with E-state index in [0.717, 1.165) is 40.9 Å². The van der Waals surface area contributed by atoms with Gasteiger partial charge in [-0.15, -0.1) is 0 Å². The van der Waals surface area contributed by atoms with Gasteiger partial charge in [-0.1, -0.05) is 54.6 Å². The molecule has 2 aromatic carbocycles. The lowest BCUT2D eigenvalue weighted by Gasteiger charge is -2.38. The summed E-state index contributed by atoms with van der Waals surface area (Å²) in [6.07, 6.45) is 6.54. The molecule has 2 aliphatic rings. The van der Waals surface area contributed by atoms with Crippen LogP contribution in [0.4, 0.5) is 10.1 Å². The van der Waals surface area contributed by atoms with E-state index in [-0.39, 0.29) is 12.1 Å². The van der Waals surface area contributed by atoms with Crippen LogP contribution in [0.1, 0.15) is 24.8 Å². The van der Waals surface area contributed by atoms with E-state index < -0.39 is 6.67 Å². The van der Waals surface area contributed by atoms with Gasteiger partial charge >= 0.3 is 0 Å². The Kier molecular flexibility index (Phi) is 4.75. The van der Waals surface area contributed by atoms with Crippen molar-refractivity contribution in [1.82, 2.24) is 4.98 Å². The molecular weight excluding hydrogens is 377 g/mol. The van der Waals surface area contributed by atoms with Crippen molar-refractivity contribution in [3.8, 4) is 28.3 Å². The van der Waals surface area contributed by atoms with Gasteiger partial charge in [-0.05, 0) is 36.5 Å². The number of alkyl halides is 1. The van der Waals surface area contributed by atoms with Gasteiger partial charge in [0.1, 0.15) is 18.6 Å². The number of halogens is 1. The number of anilines is 1. The van der Waals surface area contributed by atoms with Crippen LogP contribution >= 0.6 is 0 Å². The lowest BCUT2D eigenvalue weighted by atomic mass is 9.72. The normalized spacial score (nSPS) is 16.5. The van der Waals surface area contributed by atoms with Gasteiger partial charge < -0.3 is 15.4 Å². The van der Waals surface area contributed by atoms with Gasteiger partial charge in [-0.3, -0.25) is 0 Å². The van der Waals surface area contributed by atoms with Gasteiger partial charge in [-0.2, -0.15) is 0 Å². The number of aromatic nitrogens is 1. The minimum Gasteiger partial charge on any atom is -0.443 e. The van der Waals surface area contributed by atoms with Gasteiger partial charge in [0.05, 0.1) is 12.2 Å². The number of hydrogen-bond acceptors (Lipinski definition) is 4. The molecule has 3 aromatic rings. The average Bonchev–Trinajstić information content (AvgIpc) is 2.78. The molecule has 0 saturated heterocycles. The first-order valence-electron chi connectivity index (χ1n) is 10.3. The standard InChI is InChI=1S/C25H24FN3O/c26-13-14-29-15-16-30-24-22(29)17-21(18-5-2-1-3-6-18)23(28-24)19-7-9-20(10-8-19)25(27)11-4-12-25/h1-3,5-10,15-17H,4,11-14,27H2. The lowest BCUT2D eigenvalue weighted by molar-refractivity contribution is 0.253. The van der Waals surface area contributed by atoms with Crippen LogP contribution < -0.4 is 15.4 Å². The molecule has 2 heterocycles. The van der Waals surface area contributed by atoms with E-state index in [4.69, 9.17) is 15.5 Å². The lowest BCUT2D eigenvalue weighted by Crippen LogP contribution is -2.43. The highest BCUT2D eigenvalue weighted by molar-refractivity contribution is 5.85. The van der Waals surface area contributed by atoms with E-state index in [1.807, 2.05) is 29.2 Å². The number of benzene rings is 2. The maximum atomic E-state index is 13.1. The first-order valence-corrected chi connectivity index (χ1v) is 10.3. The van der Waals surface area contributed by atoms with Gasteiger partial charge in [0.2, 0.25) is 5.88 Å². The highest BCUT2D eigenvalue weighted by Gasteiger charge is 2.34. The van der Waals surface area contributed by atoms with Crippen molar-refractivity contribution in [2.45, 2.75) is 24.8 Å². The third kappa shape index (κ3) is 3.25. The zero-order valence-corrected chi connectivity index (χ0v) is 16.7. The Labute approximate surface area is 175 Å². The fourth-order valence-electron chi connectivity index (χ4n) is 4.18. The molecule has 1 aliphatic carbocycles. The Morgan fingerprint density at radius 3 is 2.47 bits per heavy atom. The second-order valence-electron chi connectivity index (χ2n) is 7.95. The Hall–Kier alpha value is -3.18. The zero-order valence-electron chi connectivity index (χ0n) is 16.7. The maximum absolute atomic E-state index is 13.1. The number of ether oxygens (including phenoxy) is 1. The van der Waals surface area contributed by atoms with Gasteiger partial charge in [-0.25, -0.2) is 9.37 Å². The Morgan fingerprint density at radius 2 is 1.80 bits per heavy atom. The number of pyridine rings is 1. The molecule has 30 heavy (non-hydrogen) atoms. The van der Waals surface area contributed by atoms with Crippen molar-refractivity contribution in [2.24, 2.45) is 5.73 Å². The van der Waals surface area contributed by atoms with Crippen molar-refractivity contribution in [3.63, 3.8) is 0 Å². The smallest absolute Gasteiger partial charge is 0.243 e. The van der Waals surface area contributed by atoms with E-state index in [1.54, 1.807) is 12.5 Å². The SMILES string of the molecule is NC1(c2ccc(-c3nc4c(cc3-c3ccccc3)N(CCF)C=CO4)cc2)CCC1. The fourth-order valence-corrected chi connectivity index (χ4v) is 4.18. The Bertz CT molecular complexity index is 1080. The summed E-state index contributed by atoms with van der Waals surface area (Å²) in [5.74, 6) is 0.485. The van der Waals surface area contributed by atoms with Crippen LogP contribution in [0.3, 0.4) is 0 Å². The summed E-state index contributed by atoms with van der Waals surface area (Å²) in [6, 6.07) is 20.6. The first-order chi connectivity index (χ1) is 14.7. The van der Waals surface area contributed by atoms with E-state index in [1.165, 1.54) is 12.0 Å². The summed E-state index contributed by atoms with van der Waals surface area (Å²) in [5, 5.41) is 0. The van der Waals surface area contributed by atoms with E-state index >= 15 is 0 Å². The molecule has 0 radical (unpaired) electrons. The highest BCUT2D eigenvalue weighted by Crippen LogP contribution is 2.42. The van der Waals surface area contributed by atoms with Crippen LogP contribution in [0.5, 0.6) is 5.88 Å². The molecule has 4 nitrogen and oxygen atoms in total. The van der Waals surface area contributed by atoms with Crippen LogP contribution in [-0.4, -0.2) is 18.2 Å². The number of fused-ring (bicyclic) bond motifs is 1. The minimum absolute atomic E-state index is 0.190. The van der Waals surface area contributed by atoms with Crippen molar-refractivity contribution >= 4 is 5.69 Å². The fraction of sp³-hybridized carbons (Fsp3) is 0.240. The molecule has 5 rings (SSSR count). The summed E-state index contributed by atoms with van der Waals surface area (Å²) < 4.78 is 18.7. The number of hydrogen-bond donors (Lipinski definition) is 1. The Balaban J connectivity index is 1.62. The molecule has 1 aliphatic heterocycles. The van der Waals surface area contributed by atoms with Crippen LogP contribution in [0.2, 0.25) is 0 Å². The molecule has 1 aromatic heterocycles. The predicted molar refractivity (Wildman–Crippen MR) is 118 cm³/mol. The largest absolute Gasteiger partial charge is 0.443 e. The van der Waals surface area contributed by atoms with Crippen LogP contribution in [0.15, 0.2) is 73.1 Å². The van der Waals surface area contributed by atoms with E-state index in [2.05, 4.69) is 36.4 Å². The van der Waals surface area contributed by atoms with E-state index in [9.17, 15) is 4.39 Å². The van der Waals surface area contributed by atoms with Crippen LogP contribution in [-0.2, 0) is 5.54 Å². The number of rotatable bonds is 5. The van der Waals surface area contributed by atoms with Gasteiger partial charge in [0.25, 0.3) is 0 Å². The third-order valence-electron chi connectivity index (χ3n) is 6.09. The summed E-state index contributed by atoms with van der Waals surface area (Å²) in [5.41, 5.74) is 12.1. The average molecular weight is 401 g/mol. The third-order valence-corrected chi connectivity index (χ3v) is 6.09. The quantitative estimate of drug-likeness (QED) is 0.622. The molecule has 0 amide bonds. The second-order valence-corrected chi connectivity index (χ2v) is 7.95. The monoisotopic (exact) mass is 401 g/mol. The molecule has 0 bridgehead atoms. The number of nitrogens with zero attached hydrogens (tertiary/aromatic N) is 2. The van der Waals surface area contributed by atoms with Crippen LogP contribution in [0, 0.1) is 0 Å². The van der Waals surface area contributed by atoms with Crippen molar-refractivity contribution in [3.05, 3.63) is 78.7 Å². The van der Waals surface area contributed by atoms with E-state index in [0.29, 0.717) is 5.88 Å². The summed E-state index contributed by atoms with van der Waals surface area (Å²) in [4.78, 5) is 6.68. The molecular formula is C25H24FN3O. The second kappa shape index (κ2) is 7.58. The van der Waals surface area contributed by atoms with Crippen molar-refractivity contribution in [1.29, 1.82) is 0 Å². The maximum Gasteiger partial charge on any atom is 0.243 e. The topological polar surface area (TPSA) is 51.4 Å². The summed E-state index contributed by atoms with van der Waals surface area (Å²) in [6.45, 7) is -0.191. The molecule has 1 fully saturated rings. The molecule has 152 valence electrons.